The van der Waals surface area contributed by atoms with Gasteiger partial charge in [-0.15, -0.1) is 13.2 Å². The summed E-state index contributed by atoms with van der Waals surface area (Å²) >= 11 is 0. The van der Waals surface area contributed by atoms with Gasteiger partial charge in [-0.05, 0) is 0 Å². The summed E-state index contributed by atoms with van der Waals surface area (Å²) in [7, 11) is 1.80. The molecular weight excluding hydrogens is 289 g/mol. The van der Waals surface area contributed by atoms with Gasteiger partial charge in [0.1, 0.15) is 6.20 Å². The highest BCUT2D eigenvalue weighted by molar-refractivity contribution is 5.97. The highest BCUT2D eigenvalue weighted by atomic mass is 19.4. The molecule has 0 spiro atoms. The molecule has 8 nitrogen and oxygen atoms in total. The normalized spacial score (nSPS) is 10.8. The number of ether oxygens (including phenoxy) is 3. The largest absolute Gasteiger partial charge is 0.573 e. The number of methoxy groups -OCH3 is 2. The monoisotopic (exact) mass is 296 g/mol. The number of carbonyl (C=O) groups excluding carboxylic acids is 1. The van der Waals surface area contributed by atoms with Gasteiger partial charge in [0.2, 0.25) is 5.75 Å². The van der Waals surface area contributed by atoms with Crippen LogP contribution in [0.15, 0.2) is 6.20 Å². The maximum atomic E-state index is 12.3. The van der Waals surface area contributed by atoms with E-state index in [0.29, 0.717) is 6.20 Å². The average Bonchev–Trinajstić information content (AvgIpc) is 2.35. The van der Waals surface area contributed by atoms with Gasteiger partial charge in [0, 0.05) is 0 Å². The van der Waals surface area contributed by atoms with E-state index in [-0.39, 0.29) is 0 Å². The summed E-state index contributed by atoms with van der Waals surface area (Å²) in [6.07, 6.45) is -4.64. The fourth-order valence-electron chi connectivity index (χ4n) is 1.26. The predicted molar refractivity (Wildman–Crippen MR) is 55.5 cm³/mol. The number of hydrogen-bond donors (Lipinski definition) is 0. The van der Waals surface area contributed by atoms with E-state index in [1.165, 1.54) is 0 Å². The molecule has 1 rings (SSSR count). The van der Waals surface area contributed by atoms with Crippen LogP contribution in [0, 0.1) is 10.1 Å². The van der Waals surface area contributed by atoms with Gasteiger partial charge in [0.15, 0.2) is 5.56 Å². The van der Waals surface area contributed by atoms with E-state index in [1.54, 1.807) is 0 Å². The van der Waals surface area contributed by atoms with Crippen LogP contribution in [0.1, 0.15) is 10.4 Å². The molecule has 0 aromatic carbocycles. The lowest BCUT2D eigenvalue weighted by atomic mass is 10.2. The second-order valence-electron chi connectivity index (χ2n) is 3.15. The number of esters is 1. The summed E-state index contributed by atoms with van der Waals surface area (Å²) < 4.78 is 49.2. The average molecular weight is 296 g/mol. The molecule has 110 valence electrons. The Balaban J connectivity index is 3.60. The molecule has 20 heavy (non-hydrogen) atoms. The molecule has 0 fully saturated rings. The first kappa shape index (κ1) is 15.5. The predicted octanol–water partition coefficient (Wildman–Crippen LogP) is 1.68. The number of nitrogens with zero attached hydrogens (tertiary/aromatic N) is 2. The van der Waals surface area contributed by atoms with Gasteiger partial charge in [-0.25, -0.2) is 9.78 Å². The molecule has 0 saturated carbocycles. The molecule has 0 bridgehead atoms. The van der Waals surface area contributed by atoms with Gasteiger partial charge >= 0.3 is 18.0 Å². The van der Waals surface area contributed by atoms with Crippen molar-refractivity contribution in [3.05, 3.63) is 21.9 Å². The lowest BCUT2D eigenvalue weighted by Crippen LogP contribution is -2.21. The molecule has 0 atom stereocenters. The number of pyridine rings is 1. The lowest BCUT2D eigenvalue weighted by molar-refractivity contribution is -0.385. The molecule has 0 aliphatic rings. The van der Waals surface area contributed by atoms with Crippen LogP contribution in [0.25, 0.3) is 0 Å². The second kappa shape index (κ2) is 5.59. The highest BCUT2D eigenvalue weighted by Crippen LogP contribution is 2.38. The van der Waals surface area contributed by atoms with Crippen molar-refractivity contribution in [3.8, 4) is 11.6 Å². The van der Waals surface area contributed by atoms with Crippen molar-refractivity contribution in [3.63, 3.8) is 0 Å². The van der Waals surface area contributed by atoms with Crippen molar-refractivity contribution in [2.75, 3.05) is 14.2 Å². The molecule has 0 amide bonds. The molecule has 11 heteroatoms. The fraction of sp³-hybridized carbons (Fsp3) is 0.333. The summed E-state index contributed by atoms with van der Waals surface area (Å²) in [5.74, 6) is -3.37. The van der Waals surface area contributed by atoms with Crippen molar-refractivity contribution in [2.24, 2.45) is 0 Å². The lowest BCUT2D eigenvalue weighted by Gasteiger charge is -2.14. The van der Waals surface area contributed by atoms with Crippen LogP contribution in [0.5, 0.6) is 11.6 Å². The van der Waals surface area contributed by atoms with Gasteiger partial charge in [0.05, 0.1) is 19.1 Å². The Morgan fingerprint density at radius 3 is 2.40 bits per heavy atom. The molecule has 1 aromatic heterocycles. The van der Waals surface area contributed by atoms with Gasteiger partial charge in [-0.2, -0.15) is 0 Å². The third-order valence-electron chi connectivity index (χ3n) is 1.98. The molecule has 0 aliphatic heterocycles. The zero-order chi connectivity index (χ0) is 15.5. The maximum Gasteiger partial charge on any atom is 0.573 e. The van der Waals surface area contributed by atoms with Gasteiger partial charge in [0.25, 0.3) is 5.88 Å². The standard InChI is InChI=1S/C9H7F3N2O6/c1-18-7-6(20-9(10,11)12)5(8(15)19-2)4(3-13-7)14(16)17/h3H,1-2H3. The van der Waals surface area contributed by atoms with E-state index in [2.05, 4.69) is 19.2 Å². The number of nitro groups is 1. The van der Waals surface area contributed by atoms with Crippen molar-refractivity contribution in [2.45, 2.75) is 6.36 Å². The van der Waals surface area contributed by atoms with Crippen molar-refractivity contribution < 1.29 is 37.1 Å². The van der Waals surface area contributed by atoms with Crippen LogP contribution in [-0.2, 0) is 4.74 Å². The molecule has 0 unspecified atom stereocenters. The van der Waals surface area contributed by atoms with Gasteiger partial charge in [-0.3, -0.25) is 10.1 Å². The number of carbonyl (C=O) groups is 1. The van der Waals surface area contributed by atoms with Crippen molar-refractivity contribution in [1.29, 1.82) is 0 Å². The molecular formula is C9H7F3N2O6. The first-order valence-corrected chi connectivity index (χ1v) is 4.76. The third-order valence-corrected chi connectivity index (χ3v) is 1.98. The summed E-state index contributed by atoms with van der Waals surface area (Å²) in [6.45, 7) is 0. The summed E-state index contributed by atoms with van der Waals surface area (Å²) in [5, 5.41) is 10.7. The van der Waals surface area contributed by atoms with Crippen LogP contribution in [-0.4, -0.2) is 36.5 Å². The Morgan fingerprint density at radius 1 is 1.40 bits per heavy atom. The van der Waals surface area contributed by atoms with Crippen LogP contribution in [0.2, 0.25) is 0 Å². The molecule has 1 heterocycles. The summed E-state index contributed by atoms with van der Waals surface area (Å²) in [4.78, 5) is 24.4. The van der Waals surface area contributed by atoms with Crippen LogP contribution in [0.3, 0.4) is 0 Å². The maximum absolute atomic E-state index is 12.3. The molecule has 0 aliphatic carbocycles. The smallest absolute Gasteiger partial charge is 0.478 e. The van der Waals surface area contributed by atoms with E-state index >= 15 is 0 Å². The SMILES string of the molecule is COC(=O)c1c([N+](=O)[O-])cnc(OC)c1OC(F)(F)F. The second-order valence-corrected chi connectivity index (χ2v) is 3.15. The van der Waals surface area contributed by atoms with E-state index in [9.17, 15) is 28.1 Å². The summed E-state index contributed by atoms with van der Waals surface area (Å²) in [5.41, 5.74) is -2.04. The first-order chi connectivity index (χ1) is 9.21. The number of halogens is 3. The number of aromatic nitrogens is 1. The van der Waals surface area contributed by atoms with Gasteiger partial charge < -0.3 is 14.2 Å². The van der Waals surface area contributed by atoms with Crippen molar-refractivity contribution >= 4 is 11.7 Å². The van der Waals surface area contributed by atoms with Crippen molar-refractivity contribution in [1.82, 2.24) is 4.98 Å². The zero-order valence-corrected chi connectivity index (χ0v) is 10.1. The number of alkyl halides is 3. The molecule has 0 N–H and O–H groups in total. The minimum atomic E-state index is -5.20. The molecule has 1 aromatic rings. The Morgan fingerprint density at radius 2 is 2.00 bits per heavy atom. The summed E-state index contributed by atoms with van der Waals surface area (Å²) in [6, 6.07) is 0. The van der Waals surface area contributed by atoms with Crippen LogP contribution >= 0.6 is 0 Å². The Hall–Kier alpha value is -2.59. The highest BCUT2D eigenvalue weighted by Gasteiger charge is 2.39. The topological polar surface area (TPSA) is 101 Å². The van der Waals surface area contributed by atoms with E-state index < -0.39 is 40.1 Å². The van der Waals surface area contributed by atoms with Crippen LogP contribution < -0.4 is 9.47 Å². The minimum Gasteiger partial charge on any atom is -0.478 e. The quantitative estimate of drug-likeness (QED) is 0.473. The fourth-order valence-corrected chi connectivity index (χ4v) is 1.26. The van der Waals surface area contributed by atoms with E-state index in [4.69, 9.17) is 0 Å². The molecule has 0 radical (unpaired) electrons. The Bertz CT molecular complexity index is 545. The van der Waals surface area contributed by atoms with Gasteiger partial charge in [-0.1, -0.05) is 0 Å². The molecule has 0 saturated heterocycles. The van der Waals surface area contributed by atoms with E-state index in [0.717, 1.165) is 14.2 Å². The Labute approximate surface area is 109 Å². The zero-order valence-electron chi connectivity index (χ0n) is 10.1. The minimum absolute atomic E-state index is 0.564. The first-order valence-electron chi connectivity index (χ1n) is 4.76. The van der Waals surface area contributed by atoms with E-state index in [1.807, 2.05) is 0 Å². The van der Waals surface area contributed by atoms with Crippen LogP contribution in [0.4, 0.5) is 18.9 Å². The Kier molecular flexibility index (Phi) is 4.32. The number of hydrogen-bond acceptors (Lipinski definition) is 7. The number of rotatable bonds is 4. The third kappa shape index (κ3) is 3.24.